The van der Waals surface area contributed by atoms with Gasteiger partial charge in [-0.15, -0.1) is 0 Å². The SMILES string of the molecule is [2H]C([2H])(c1cc[n+](C)c(-c2ccc3c(oc4cc5ccccc5cc43)c2C)c1)C(C)(C)C.[2H]C([2H])(c1cc[n+](C)c(-c2ccc3c(oc4cc5ccccc5cc43)c2C)c1)C(C)C.[2H]C1(c2cc[n+](C)c(-c3ccc4c(oc5cc6ccccc6cc54)c3C)c2)CCCC1. The zero-order valence-electron chi connectivity index (χ0n) is 58.0. The van der Waals surface area contributed by atoms with E-state index in [4.69, 9.17) is 20.1 Å². The zero-order chi connectivity index (χ0) is 65.9. The second-order valence-electron chi connectivity index (χ2n) is 26.0. The molecule has 9 aromatic carbocycles. The summed E-state index contributed by atoms with van der Waals surface area (Å²) in [5, 5.41) is 14.0. The summed E-state index contributed by atoms with van der Waals surface area (Å²) in [4.78, 5) is 0. The Hall–Kier alpha value is -9.39. The molecule has 6 aromatic heterocycles. The van der Waals surface area contributed by atoms with Crippen LogP contribution in [-0.2, 0) is 33.9 Å². The van der Waals surface area contributed by atoms with Gasteiger partial charge in [-0.05, 0) is 185 Å². The molecule has 0 saturated heterocycles. The highest BCUT2D eigenvalue weighted by atomic mass is 16.3. The van der Waals surface area contributed by atoms with Crippen LogP contribution in [0.15, 0.2) is 214 Å². The third-order valence-corrected chi connectivity index (χ3v) is 18.1. The van der Waals surface area contributed by atoms with E-state index in [0.717, 1.165) is 142 Å². The van der Waals surface area contributed by atoms with Crippen LogP contribution in [0.1, 0.15) is 106 Å². The summed E-state index contributed by atoms with van der Waals surface area (Å²) in [5.74, 6) is -0.554. The molecule has 1 saturated carbocycles. The molecule has 0 unspecified atom stereocenters. The Bertz CT molecular complexity index is 5320. The van der Waals surface area contributed by atoms with Crippen LogP contribution in [0, 0.1) is 32.1 Å². The van der Waals surface area contributed by atoms with Crippen molar-refractivity contribution in [2.75, 3.05) is 0 Å². The molecule has 0 amide bonds. The smallest absolute Gasteiger partial charge is 0.212 e. The van der Waals surface area contributed by atoms with E-state index in [0.29, 0.717) is 11.1 Å². The molecular formula is C83H80N3O3+3. The highest BCUT2D eigenvalue weighted by Crippen LogP contribution is 2.42. The van der Waals surface area contributed by atoms with Gasteiger partial charge in [-0.1, -0.05) is 120 Å². The first-order valence-corrected chi connectivity index (χ1v) is 31.4. The molecule has 1 aliphatic carbocycles. The van der Waals surface area contributed by atoms with Gasteiger partial charge in [-0.25, -0.2) is 13.7 Å². The first kappa shape index (κ1) is 51.6. The maximum atomic E-state index is 8.95. The molecule has 0 radical (unpaired) electrons. The molecule has 6 heteroatoms. The molecule has 0 spiro atoms. The lowest BCUT2D eigenvalue weighted by Gasteiger charge is -2.18. The van der Waals surface area contributed by atoms with Gasteiger partial charge >= 0.3 is 0 Å². The van der Waals surface area contributed by atoms with E-state index in [1.54, 1.807) is 0 Å². The van der Waals surface area contributed by atoms with Crippen molar-refractivity contribution in [3.8, 4) is 33.8 Å². The van der Waals surface area contributed by atoms with Gasteiger partial charge in [0.2, 0.25) is 17.1 Å². The second kappa shape index (κ2) is 23.0. The minimum Gasteiger partial charge on any atom is -0.456 e. The van der Waals surface area contributed by atoms with Gasteiger partial charge in [0.05, 0.1) is 16.7 Å². The fraction of sp³-hybridized carbons (Fsp3) is 0.241. The third-order valence-electron chi connectivity index (χ3n) is 18.1. The number of furan rings is 3. The first-order chi connectivity index (χ1) is 44.9. The van der Waals surface area contributed by atoms with Crippen LogP contribution in [0.3, 0.4) is 0 Å². The molecule has 0 N–H and O–H groups in total. The van der Waals surface area contributed by atoms with Crippen molar-refractivity contribution in [1.82, 2.24) is 0 Å². The standard InChI is InChI=1S/C28H26NO.C28H28NO.C27H26NO/c1-18-23(26-16-22(13-14-29(26)2)19-7-3-4-8-19)11-12-24-25-15-20-9-5-6-10-21(20)17-27(25)30-28(18)24;1-18-22(25-14-19(12-13-29(25)5)17-28(2,3)4)10-11-23-24-15-20-8-6-7-9-21(20)16-26(24)30-27(18)23;1-17(2)13-19-11-12-28(4)25(14-19)22-9-10-23-24-15-20-7-5-6-8-21(20)16-26(24)29-27(23)18(22)3/h5-6,9-17,19H,3-4,7-8H2,1-2H3;6-16H,17H2,1-5H3;5-12,14-17H,13H2,1-4H3/q3*+1/i19D;17D2;13D2. The van der Waals surface area contributed by atoms with Crippen LogP contribution >= 0.6 is 0 Å². The van der Waals surface area contributed by atoms with Crippen molar-refractivity contribution < 1.29 is 33.8 Å². The number of pyridine rings is 3. The van der Waals surface area contributed by atoms with Crippen LogP contribution in [-0.4, -0.2) is 0 Å². The van der Waals surface area contributed by atoms with Gasteiger partial charge in [-0.3, -0.25) is 0 Å². The molecule has 0 atom stereocenters. The number of hydrogen-bond acceptors (Lipinski definition) is 3. The number of aromatic nitrogens is 3. The summed E-state index contributed by atoms with van der Waals surface area (Å²) >= 11 is 0. The minimum absolute atomic E-state index is 0.110. The fourth-order valence-corrected chi connectivity index (χ4v) is 13.6. The molecule has 6 heterocycles. The monoisotopic (exact) mass is 1170 g/mol. The number of fused-ring (bicyclic) bond motifs is 12. The van der Waals surface area contributed by atoms with Gasteiger partial charge in [0.15, 0.2) is 18.6 Å². The highest BCUT2D eigenvalue weighted by Gasteiger charge is 2.25. The van der Waals surface area contributed by atoms with E-state index in [9.17, 15) is 0 Å². The number of rotatable bonds is 7. The Morgan fingerprint density at radius 1 is 0.438 bits per heavy atom. The molecule has 1 aliphatic rings. The lowest BCUT2D eigenvalue weighted by molar-refractivity contribution is -0.660. The molecule has 0 aliphatic heterocycles. The molecule has 15 aromatic rings. The molecule has 442 valence electrons. The average molecular weight is 1170 g/mol. The van der Waals surface area contributed by atoms with Gasteiger partial charge in [-0.2, -0.15) is 0 Å². The summed E-state index contributed by atoms with van der Waals surface area (Å²) in [6.07, 6.45) is 7.37. The third kappa shape index (κ3) is 10.9. The van der Waals surface area contributed by atoms with Gasteiger partial charge in [0.1, 0.15) is 54.6 Å². The summed E-state index contributed by atoms with van der Waals surface area (Å²) < 4.78 is 68.8. The van der Waals surface area contributed by atoms with Crippen molar-refractivity contribution in [2.45, 2.75) is 99.7 Å². The average Bonchev–Trinajstić information content (AvgIpc) is 1.56. The molecule has 16 rings (SSSR count). The predicted octanol–water partition coefficient (Wildman–Crippen LogP) is 21.1. The maximum absolute atomic E-state index is 8.95. The topological polar surface area (TPSA) is 51.1 Å². The van der Waals surface area contributed by atoms with Crippen LogP contribution in [0.2, 0.25) is 0 Å². The lowest BCUT2D eigenvalue weighted by Crippen LogP contribution is -2.31. The Balaban J connectivity index is 0.000000122. The highest BCUT2D eigenvalue weighted by molar-refractivity contribution is 6.14. The first-order valence-electron chi connectivity index (χ1n) is 33.9. The lowest BCUT2D eigenvalue weighted by atomic mass is 9.88. The maximum Gasteiger partial charge on any atom is 0.212 e. The van der Waals surface area contributed by atoms with E-state index < -0.39 is 24.1 Å². The zero-order valence-corrected chi connectivity index (χ0v) is 53.0. The van der Waals surface area contributed by atoms with Crippen molar-refractivity contribution in [2.24, 2.45) is 32.5 Å². The Morgan fingerprint density at radius 2 is 0.787 bits per heavy atom. The molecule has 0 bridgehead atoms. The fourth-order valence-electron chi connectivity index (χ4n) is 13.6. The summed E-state index contributed by atoms with van der Waals surface area (Å²) in [5.41, 5.74) is 17.1. The van der Waals surface area contributed by atoms with Crippen molar-refractivity contribution in [1.29, 1.82) is 0 Å². The van der Waals surface area contributed by atoms with Gasteiger partial charge in [0.25, 0.3) is 0 Å². The number of benzene rings is 9. The van der Waals surface area contributed by atoms with Crippen molar-refractivity contribution in [3.63, 3.8) is 0 Å². The quantitative estimate of drug-likeness (QED) is 0.149. The predicted molar refractivity (Wildman–Crippen MR) is 371 cm³/mol. The normalized spacial score (nSPS) is 14.6. The van der Waals surface area contributed by atoms with Crippen LogP contribution in [0.4, 0.5) is 0 Å². The van der Waals surface area contributed by atoms with E-state index >= 15 is 0 Å². The van der Waals surface area contributed by atoms with E-state index in [1.165, 1.54) is 37.9 Å². The molecule has 1 fully saturated rings. The number of nitrogens with zero attached hydrogens (tertiary/aromatic N) is 3. The van der Waals surface area contributed by atoms with Crippen LogP contribution < -0.4 is 13.7 Å². The van der Waals surface area contributed by atoms with Crippen LogP contribution in [0.25, 0.3) is 132 Å². The van der Waals surface area contributed by atoms with Crippen molar-refractivity contribution >= 4 is 98.1 Å². The molecular weight excluding hydrogens is 1090 g/mol. The van der Waals surface area contributed by atoms with E-state index in [2.05, 4.69) is 184 Å². The van der Waals surface area contributed by atoms with Gasteiger partial charge in [0, 0.05) is 92.3 Å². The minimum atomic E-state index is -1.45. The largest absolute Gasteiger partial charge is 0.456 e. The summed E-state index contributed by atoms with van der Waals surface area (Å²) in [7, 11) is 6.08. The molecule has 6 nitrogen and oxygen atoms in total. The summed E-state index contributed by atoms with van der Waals surface area (Å²) in [6, 6.07) is 63.1. The van der Waals surface area contributed by atoms with E-state index in [1.807, 2.05) is 107 Å². The Labute approximate surface area is 529 Å². The molecule has 89 heavy (non-hydrogen) atoms. The second-order valence-corrected chi connectivity index (χ2v) is 26.0. The van der Waals surface area contributed by atoms with E-state index in [-0.39, 0.29) is 5.92 Å². The Morgan fingerprint density at radius 3 is 1.17 bits per heavy atom. The van der Waals surface area contributed by atoms with Crippen molar-refractivity contribution in [3.05, 3.63) is 234 Å². The number of aryl methyl sites for hydroxylation is 6. The Kier molecular flexibility index (Phi) is 13.3. The summed E-state index contributed by atoms with van der Waals surface area (Å²) in [6.45, 7) is 16.0. The van der Waals surface area contributed by atoms with Crippen LogP contribution in [0.5, 0.6) is 0 Å². The number of hydrogen-bond donors (Lipinski definition) is 0. The van der Waals surface area contributed by atoms with Gasteiger partial charge < -0.3 is 13.3 Å².